The van der Waals surface area contributed by atoms with Gasteiger partial charge in [-0.2, -0.15) is 0 Å². The smallest absolute Gasteiger partial charge is 0.245 e. The molecule has 1 aliphatic heterocycles. The van der Waals surface area contributed by atoms with E-state index in [2.05, 4.69) is 94.4 Å². The lowest BCUT2D eigenvalue weighted by atomic mass is 9.99. The molecule has 46 heteroatoms. The first-order valence-corrected chi connectivity index (χ1v) is 47.4. The van der Waals surface area contributed by atoms with Crippen molar-refractivity contribution in [3.8, 4) is 0 Å². The summed E-state index contributed by atoms with van der Waals surface area (Å²) in [6.45, 7) is 6.62. The summed E-state index contributed by atoms with van der Waals surface area (Å²) in [6.07, 6.45) is 5.57. The number of unbranched alkanes of at least 4 members (excludes halogenated alkanes) is 2. The third-order valence-electron chi connectivity index (χ3n) is 23.3. The highest BCUT2D eigenvalue weighted by Crippen LogP contribution is 2.25. The summed E-state index contributed by atoms with van der Waals surface area (Å²) in [5.74, 6) is -17.2. The molecule has 0 radical (unpaired) electrons. The van der Waals surface area contributed by atoms with Crippen molar-refractivity contribution in [3.05, 3.63) is 126 Å². The van der Waals surface area contributed by atoms with Crippen LogP contribution in [0.15, 0.2) is 104 Å². The lowest BCUT2D eigenvalue weighted by Crippen LogP contribution is -2.61. The number of rotatable bonds is 30. The van der Waals surface area contributed by atoms with Gasteiger partial charge >= 0.3 is 0 Å². The number of thioether (sulfide) groups is 1. The molecule has 1 saturated heterocycles. The van der Waals surface area contributed by atoms with Crippen LogP contribution in [0.5, 0.6) is 0 Å². The maximum atomic E-state index is 15.9. The summed E-state index contributed by atoms with van der Waals surface area (Å²) in [4.78, 5) is 264. The van der Waals surface area contributed by atoms with Crippen LogP contribution in [0.3, 0.4) is 0 Å². The number of amides is 17. The Balaban J connectivity index is 1.30. The zero-order valence-electron chi connectivity index (χ0n) is 79.2. The molecule has 17 amide bonds. The largest absolute Gasteiger partial charge is 0.394 e. The number of nitrogens with two attached hydrogens (primary N) is 4. The van der Waals surface area contributed by atoms with Crippen molar-refractivity contribution in [1.29, 1.82) is 10.8 Å². The number of H-pyrrole nitrogens is 3. The van der Waals surface area contributed by atoms with Crippen molar-refractivity contribution < 1.29 is 86.6 Å². The number of primary amides is 2. The Morgan fingerprint density at radius 3 is 1.53 bits per heavy atom. The quantitative estimate of drug-likeness (QED) is 0.0125. The number of para-hydroxylation sites is 2. The van der Waals surface area contributed by atoms with Crippen LogP contribution in [0, 0.1) is 16.7 Å². The maximum Gasteiger partial charge on any atom is 0.245 e. The normalized spacial score (nSPS) is 22.7. The molecule has 7 rings (SSSR count). The highest BCUT2D eigenvalue weighted by Gasteiger charge is 2.42. The molecular weight excluding hydrogens is 1800 g/mol. The number of imidazole rings is 1. The third kappa shape index (κ3) is 35.5. The molecule has 0 unspecified atom stereocenters. The minimum absolute atomic E-state index is 0.00978. The van der Waals surface area contributed by atoms with E-state index >= 15 is 24.0 Å². The van der Waals surface area contributed by atoms with Crippen molar-refractivity contribution in [2.24, 2.45) is 28.9 Å². The van der Waals surface area contributed by atoms with Crippen LogP contribution in [0.25, 0.3) is 21.8 Å². The minimum atomic E-state index is -1.89. The number of hydrogen-bond donors (Lipinski definition) is 24. The van der Waals surface area contributed by atoms with E-state index in [0.29, 0.717) is 69.9 Å². The molecule has 0 aliphatic carbocycles. The molecule has 752 valence electrons. The number of aliphatic hydroxyl groups excluding tert-OH is 1. The van der Waals surface area contributed by atoms with Crippen LogP contribution in [0.4, 0.5) is 0 Å². The first-order valence-electron chi connectivity index (χ1n) is 46.2. The molecule has 6 aromatic rings. The number of guanidine groups is 2. The minimum Gasteiger partial charge on any atom is -0.394 e. The van der Waals surface area contributed by atoms with Crippen LogP contribution in [-0.2, 0) is 107 Å². The number of carbonyl (C=O) groups is 17. The number of hydrogen-bond acceptors (Lipinski definition) is 22. The Morgan fingerprint density at radius 2 is 0.978 bits per heavy atom. The van der Waals surface area contributed by atoms with Gasteiger partial charge in [-0.25, -0.2) is 4.98 Å². The SMILES string of the molecule is CCCC[C@H]1C(=O)N(C)[C@@H](CCCC)C(=O)N[C@@H](CC(C)C)C(=O)N[C@H](C(=O)NCC(N)=O)CSCC(=O)N[C@@H](Cc2ccccc2)C(=O)N(C)[C@@H](C)C(=O)N[C@@H](CC(N)=O)C(=O)NCCCCC(=O)N[C@@H](Cc2cnc[nH]2)C(=O)N[C@@H](CCCNC(=N)N)C(=O)N[C@@H](CO)C(=O)N[C@@H](Cc2c[nH]c3ccccc23)C(=O)N[C@@H](CCCNC(=N)N)C(=O)N[C@@H](Cc2c[nH]c3ccccc23)C(=O)N1C. The molecule has 3 aromatic carbocycles. The zero-order chi connectivity index (χ0) is 101. The molecule has 28 N–H and O–H groups in total. The standard InChI is InChI=1S/C92H135N27O18S/c1-9-11-32-72-87(134)113-64(38-52(3)4)83(130)116-71(80(127)105-47-75(94)122)49-138-50-77(124)108-68(39-54-24-14-13-15-25-54)88(135)117(6)53(5)78(125)111-67(43-74(93)121)79(126)100-35-21-20-34-76(123)107-66(42-57-46-99-51-106-57)85(132)110-63(31-23-37-102-92(97)98)82(129)115-70(48-120)86(133)112-65(40-55-44-103-60-28-18-16-26-58(55)60)84(131)109-62(30-22-36-101-91(95)96)81(128)114-69(41-56-45-104-61-29-19-17-27-59(56)61)89(136)119(8)73(33-12-10-2)90(137)118(72)7/h13-19,24-29,44-46,51-53,62-73,103-104,120H,9-12,20-23,30-43,47-50H2,1-8H3,(H2,93,121)(H2,94,122)(H,99,106)(H,100,126)(H,105,127)(H,107,123)(H,108,124)(H,109,131)(H,110,132)(H,111,125)(H,112,133)(H,113,134)(H,114,128)(H,115,129)(H,116,130)(H4,95,96,101)(H4,97,98,102)/t53-,62-,63-,64-,65-,66-,67-,68-,69-,70-,71-,72-,73-/m0/s1. The number of aliphatic hydroxyl groups is 1. The van der Waals surface area contributed by atoms with Crippen molar-refractivity contribution in [2.45, 2.75) is 235 Å². The Morgan fingerprint density at radius 1 is 0.493 bits per heavy atom. The summed E-state index contributed by atoms with van der Waals surface area (Å²) >= 11 is 0.829. The number of benzene rings is 3. The molecule has 0 spiro atoms. The van der Waals surface area contributed by atoms with Gasteiger partial charge in [-0.3, -0.25) is 92.3 Å². The van der Waals surface area contributed by atoms with Gasteiger partial charge in [0.05, 0.1) is 31.7 Å². The van der Waals surface area contributed by atoms with E-state index in [1.807, 2.05) is 13.8 Å². The maximum absolute atomic E-state index is 15.9. The summed E-state index contributed by atoms with van der Waals surface area (Å²) in [7, 11) is 4.03. The molecule has 0 bridgehead atoms. The van der Waals surface area contributed by atoms with E-state index in [-0.39, 0.29) is 121 Å². The molecule has 1 fully saturated rings. The number of aromatic nitrogens is 4. The van der Waals surface area contributed by atoms with Gasteiger partial charge in [0.2, 0.25) is 100 Å². The predicted molar refractivity (Wildman–Crippen MR) is 515 cm³/mol. The van der Waals surface area contributed by atoms with Gasteiger partial charge in [0, 0.05) is 125 Å². The molecule has 13 atom stereocenters. The molecule has 3 aromatic heterocycles. The predicted octanol–water partition coefficient (Wildman–Crippen LogP) is -2.55. The summed E-state index contributed by atoms with van der Waals surface area (Å²) in [5, 5.41) is 65.2. The van der Waals surface area contributed by atoms with Gasteiger partial charge in [0.1, 0.15) is 78.5 Å². The molecular formula is C92H135N27O18S. The molecule has 4 heterocycles. The first-order chi connectivity index (χ1) is 65.8. The second-order valence-electron chi connectivity index (χ2n) is 34.6. The van der Waals surface area contributed by atoms with Crippen LogP contribution in [0.1, 0.15) is 153 Å². The fourth-order valence-electron chi connectivity index (χ4n) is 15.6. The number of fused-ring (bicyclic) bond motifs is 2. The van der Waals surface area contributed by atoms with Gasteiger partial charge in [0.15, 0.2) is 11.9 Å². The van der Waals surface area contributed by atoms with Crippen molar-refractivity contribution in [1.82, 2.24) is 109 Å². The Hall–Kier alpha value is -14.2. The Labute approximate surface area is 804 Å². The van der Waals surface area contributed by atoms with Crippen molar-refractivity contribution in [3.63, 3.8) is 0 Å². The van der Waals surface area contributed by atoms with E-state index in [9.17, 15) is 62.6 Å². The summed E-state index contributed by atoms with van der Waals surface area (Å²) < 4.78 is 0. The van der Waals surface area contributed by atoms with Crippen molar-refractivity contribution >= 4 is 146 Å². The third-order valence-corrected chi connectivity index (χ3v) is 24.4. The molecule has 1 aliphatic rings. The first kappa shape index (κ1) is 111. The summed E-state index contributed by atoms with van der Waals surface area (Å²) in [5.41, 5.74) is 25.5. The lowest BCUT2D eigenvalue weighted by molar-refractivity contribution is -0.149. The fourth-order valence-corrected chi connectivity index (χ4v) is 16.5. The van der Waals surface area contributed by atoms with Crippen molar-refractivity contribution in [2.75, 3.05) is 65.4 Å². The van der Waals surface area contributed by atoms with E-state index in [4.69, 9.17) is 33.8 Å². The van der Waals surface area contributed by atoms with E-state index in [0.717, 1.165) is 16.7 Å². The average molecular weight is 1940 g/mol. The number of nitrogens with zero attached hydrogens (tertiary/aromatic N) is 4. The zero-order valence-corrected chi connectivity index (χ0v) is 80.0. The van der Waals surface area contributed by atoms with Crippen LogP contribution >= 0.6 is 11.8 Å². The molecule has 45 nitrogen and oxygen atoms in total. The topological polar surface area (TPSA) is 701 Å². The number of carbonyl (C=O) groups excluding carboxylic acids is 17. The second kappa shape index (κ2) is 56.3. The van der Waals surface area contributed by atoms with Gasteiger partial charge < -0.3 is 132 Å². The van der Waals surface area contributed by atoms with Crippen LogP contribution < -0.4 is 97.4 Å². The van der Waals surface area contributed by atoms with E-state index in [1.54, 1.807) is 105 Å². The average Bonchev–Trinajstić information content (AvgIpc) is 1.77. The van der Waals surface area contributed by atoms with Gasteiger partial charge in [-0.1, -0.05) is 120 Å². The molecule has 0 saturated carbocycles. The number of aromatic amines is 3. The molecule has 138 heavy (non-hydrogen) atoms. The number of nitrogens with one attached hydrogen (secondary N) is 19. The van der Waals surface area contributed by atoms with Gasteiger partial charge in [-0.15, -0.1) is 11.8 Å². The fraction of sp³-hybridized carbons (Fsp3) is 0.522. The van der Waals surface area contributed by atoms with Gasteiger partial charge in [0.25, 0.3) is 0 Å². The van der Waals surface area contributed by atoms with Crippen LogP contribution in [0.2, 0.25) is 0 Å². The summed E-state index contributed by atoms with van der Waals surface area (Å²) in [6, 6.07) is 2.89. The monoisotopic (exact) mass is 1940 g/mol. The lowest BCUT2D eigenvalue weighted by Gasteiger charge is -2.36. The Bertz CT molecular complexity index is 5170. The second-order valence-corrected chi connectivity index (χ2v) is 35.6. The van der Waals surface area contributed by atoms with Gasteiger partial charge in [-0.05, 0) is 99.5 Å². The highest BCUT2D eigenvalue weighted by atomic mass is 32.2. The van der Waals surface area contributed by atoms with E-state index in [1.165, 1.54) is 50.4 Å². The van der Waals surface area contributed by atoms with E-state index < -0.39 is 216 Å². The number of likely N-dealkylation sites (N-methyl/N-ethyl adjacent to an activating group) is 3. The van der Waals surface area contributed by atoms with Crippen LogP contribution in [-0.4, -0.2) is 296 Å². The Kier molecular flexibility index (Phi) is 45.2. The highest BCUT2D eigenvalue weighted by molar-refractivity contribution is 8.00.